The number of anilines is 1. The Hall–Kier alpha value is -2.23. The van der Waals surface area contributed by atoms with Gasteiger partial charge in [-0.05, 0) is 30.7 Å². The minimum Gasteiger partial charge on any atom is -0.506 e. The number of phenolic OH excluding ortho intramolecular Hbond substituents is 1. The maximum Gasteiger partial charge on any atom is 0.278 e. The molecule has 0 aliphatic rings. The Labute approximate surface area is 98.9 Å². The van der Waals surface area contributed by atoms with E-state index < -0.39 is 0 Å². The number of aryl methyl sites for hydroxylation is 1. The standard InChI is InChI=1S/C13H14N2O2/c1-2-9-7-8-10(14)13(17)15(9)11-5-3-4-6-12(11)16/h3-8,16H,2,14H2,1H3. The molecule has 2 rings (SSSR count). The Bertz CT molecular complexity index is 603. The van der Waals surface area contributed by atoms with Crippen LogP contribution in [-0.2, 0) is 6.42 Å². The third kappa shape index (κ3) is 1.89. The van der Waals surface area contributed by atoms with Gasteiger partial charge in [-0.2, -0.15) is 0 Å². The first kappa shape index (κ1) is 11.3. The maximum atomic E-state index is 12.0. The van der Waals surface area contributed by atoms with Crippen LogP contribution in [0, 0.1) is 0 Å². The third-order valence-corrected chi connectivity index (χ3v) is 2.68. The van der Waals surface area contributed by atoms with Crippen molar-refractivity contribution in [3.63, 3.8) is 0 Å². The summed E-state index contributed by atoms with van der Waals surface area (Å²) in [6.45, 7) is 1.95. The van der Waals surface area contributed by atoms with Crippen LogP contribution in [0.25, 0.3) is 5.69 Å². The van der Waals surface area contributed by atoms with Crippen LogP contribution in [0.4, 0.5) is 5.69 Å². The topological polar surface area (TPSA) is 68.2 Å². The lowest BCUT2D eigenvalue weighted by Gasteiger charge is -2.13. The zero-order valence-electron chi connectivity index (χ0n) is 9.55. The molecule has 17 heavy (non-hydrogen) atoms. The fourth-order valence-electron chi connectivity index (χ4n) is 1.78. The third-order valence-electron chi connectivity index (χ3n) is 2.68. The van der Waals surface area contributed by atoms with Crippen molar-refractivity contribution < 1.29 is 5.11 Å². The normalized spacial score (nSPS) is 10.4. The quantitative estimate of drug-likeness (QED) is 0.824. The molecule has 0 aliphatic carbocycles. The predicted molar refractivity (Wildman–Crippen MR) is 67.5 cm³/mol. The molecule has 0 saturated carbocycles. The average molecular weight is 230 g/mol. The van der Waals surface area contributed by atoms with Crippen molar-refractivity contribution in [1.29, 1.82) is 0 Å². The van der Waals surface area contributed by atoms with E-state index in [2.05, 4.69) is 0 Å². The van der Waals surface area contributed by atoms with Gasteiger partial charge in [-0.1, -0.05) is 19.1 Å². The smallest absolute Gasteiger partial charge is 0.278 e. The van der Waals surface area contributed by atoms with Crippen molar-refractivity contribution in [3.8, 4) is 11.4 Å². The van der Waals surface area contributed by atoms with E-state index >= 15 is 0 Å². The molecule has 4 nitrogen and oxygen atoms in total. The number of aromatic nitrogens is 1. The molecule has 3 N–H and O–H groups in total. The number of para-hydroxylation sites is 2. The maximum absolute atomic E-state index is 12.0. The van der Waals surface area contributed by atoms with Crippen LogP contribution in [0.3, 0.4) is 0 Å². The molecule has 0 aliphatic heterocycles. The largest absolute Gasteiger partial charge is 0.506 e. The Morgan fingerprint density at radius 2 is 1.94 bits per heavy atom. The van der Waals surface area contributed by atoms with Gasteiger partial charge in [-0.15, -0.1) is 0 Å². The van der Waals surface area contributed by atoms with E-state index in [0.717, 1.165) is 5.69 Å². The lowest BCUT2D eigenvalue weighted by molar-refractivity contribution is 0.471. The molecule has 1 aromatic carbocycles. The second-order valence-electron chi connectivity index (χ2n) is 3.76. The van der Waals surface area contributed by atoms with Gasteiger partial charge in [0, 0.05) is 5.69 Å². The summed E-state index contributed by atoms with van der Waals surface area (Å²) >= 11 is 0. The van der Waals surface area contributed by atoms with Gasteiger partial charge in [0.25, 0.3) is 5.56 Å². The molecule has 2 aromatic rings. The van der Waals surface area contributed by atoms with Crippen molar-refractivity contribution in [2.24, 2.45) is 0 Å². The number of rotatable bonds is 2. The number of pyridine rings is 1. The Morgan fingerprint density at radius 1 is 1.24 bits per heavy atom. The van der Waals surface area contributed by atoms with Crippen molar-refractivity contribution in [1.82, 2.24) is 4.57 Å². The lowest BCUT2D eigenvalue weighted by atomic mass is 10.2. The second-order valence-corrected chi connectivity index (χ2v) is 3.76. The lowest BCUT2D eigenvalue weighted by Crippen LogP contribution is -2.24. The Kier molecular flexibility index (Phi) is 2.87. The van der Waals surface area contributed by atoms with E-state index in [1.165, 1.54) is 4.57 Å². The molecule has 1 heterocycles. The van der Waals surface area contributed by atoms with E-state index in [-0.39, 0.29) is 17.0 Å². The van der Waals surface area contributed by atoms with Crippen LogP contribution in [0.15, 0.2) is 41.2 Å². The van der Waals surface area contributed by atoms with Gasteiger partial charge in [0.1, 0.15) is 5.75 Å². The summed E-state index contributed by atoms with van der Waals surface area (Å²) in [6, 6.07) is 10.1. The molecule has 0 spiro atoms. The summed E-state index contributed by atoms with van der Waals surface area (Å²) in [4.78, 5) is 12.0. The van der Waals surface area contributed by atoms with Gasteiger partial charge >= 0.3 is 0 Å². The van der Waals surface area contributed by atoms with E-state index in [4.69, 9.17) is 5.73 Å². The zero-order valence-corrected chi connectivity index (χ0v) is 9.55. The van der Waals surface area contributed by atoms with E-state index in [0.29, 0.717) is 12.1 Å². The summed E-state index contributed by atoms with van der Waals surface area (Å²) < 4.78 is 1.45. The summed E-state index contributed by atoms with van der Waals surface area (Å²) in [5.41, 5.74) is 6.76. The highest BCUT2D eigenvalue weighted by Gasteiger charge is 2.10. The highest BCUT2D eigenvalue weighted by atomic mass is 16.3. The van der Waals surface area contributed by atoms with Gasteiger partial charge in [-0.3, -0.25) is 9.36 Å². The minimum absolute atomic E-state index is 0.0647. The van der Waals surface area contributed by atoms with E-state index in [1.807, 2.05) is 6.92 Å². The fraction of sp³-hybridized carbons (Fsp3) is 0.154. The number of phenols is 1. The van der Waals surface area contributed by atoms with Crippen LogP contribution < -0.4 is 11.3 Å². The summed E-state index contributed by atoms with van der Waals surface area (Å²) in [7, 11) is 0. The van der Waals surface area contributed by atoms with Crippen molar-refractivity contribution >= 4 is 5.69 Å². The SMILES string of the molecule is CCc1ccc(N)c(=O)n1-c1ccccc1O. The number of aromatic hydroxyl groups is 1. The van der Waals surface area contributed by atoms with Crippen LogP contribution in [-0.4, -0.2) is 9.67 Å². The minimum atomic E-state index is -0.300. The molecular formula is C13H14N2O2. The van der Waals surface area contributed by atoms with Crippen molar-refractivity contribution in [3.05, 3.63) is 52.4 Å². The molecule has 4 heteroatoms. The van der Waals surface area contributed by atoms with E-state index in [1.54, 1.807) is 36.4 Å². The number of hydrogen-bond donors (Lipinski definition) is 2. The van der Waals surface area contributed by atoms with Gasteiger partial charge in [0.15, 0.2) is 0 Å². The molecule has 0 fully saturated rings. The summed E-state index contributed by atoms with van der Waals surface area (Å²) in [5, 5.41) is 9.80. The molecule has 0 bridgehead atoms. The summed E-state index contributed by atoms with van der Waals surface area (Å²) in [6.07, 6.45) is 0.684. The average Bonchev–Trinajstić information content (AvgIpc) is 2.34. The number of nitrogen functional groups attached to an aromatic ring is 1. The monoisotopic (exact) mass is 230 g/mol. The van der Waals surface area contributed by atoms with Gasteiger partial charge in [0.05, 0.1) is 11.4 Å². The molecule has 0 saturated heterocycles. The molecule has 1 aromatic heterocycles. The predicted octanol–water partition coefficient (Wildman–Crippen LogP) is 1.69. The first-order valence-corrected chi connectivity index (χ1v) is 5.44. The van der Waals surface area contributed by atoms with Gasteiger partial charge < -0.3 is 10.8 Å². The van der Waals surface area contributed by atoms with Gasteiger partial charge in [-0.25, -0.2) is 0 Å². The molecule has 0 radical (unpaired) electrons. The first-order chi connectivity index (χ1) is 8.15. The van der Waals surface area contributed by atoms with Crippen LogP contribution in [0.2, 0.25) is 0 Å². The zero-order chi connectivity index (χ0) is 12.4. The van der Waals surface area contributed by atoms with Crippen LogP contribution in [0.5, 0.6) is 5.75 Å². The highest BCUT2D eigenvalue weighted by molar-refractivity contribution is 5.49. The Morgan fingerprint density at radius 3 is 2.59 bits per heavy atom. The number of nitrogens with two attached hydrogens (primary N) is 1. The molecule has 0 amide bonds. The molecule has 0 unspecified atom stereocenters. The number of hydrogen-bond acceptors (Lipinski definition) is 3. The van der Waals surface area contributed by atoms with E-state index in [9.17, 15) is 9.90 Å². The second kappa shape index (κ2) is 4.33. The highest BCUT2D eigenvalue weighted by Crippen LogP contribution is 2.21. The van der Waals surface area contributed by atoms with Crippen molar-refractivity contribution in [2.45, 2.75) is 13.3 Å². The van der Waals surface area contributed by atoms with Gasteiger partial charge in [0.2, 0.25) is 0 Å². The Balaban J connectivity index is 2.79. The molecule has 0 atom stereocenters. The number of nitrogens with zero attached hydrogens (tertiary/aromatic N) is 1. The van der Waals surface area contributed by atoms with Crippen LogP contribution in [0.1, 0.15) is 12.6 Å². The fourth-order valence-corrected chi connectivity index (χ4v) is 1.78. The molecular weight excluding hydrogens is 216 g/mol. The van der Waals surface area contributed by atoms with Crippen LogP contribution >= 0.6 is 0 Å². The molecule has 88 valence electrons. The summed E-state index contributed by atoms with van der Waals surface area (Å²) in [5.74, 6) is 0.0647. The number of benzene rings is 1. The van der Waals surface area contributed by atoms with Crippen molar-refractivity contribution in [2.75, 3.05) is 5.73 Å². The first-order valence-electron chi connectivity index (χ1n) is 5.44.